The maximum absolute atomic E-state index is 14.1. The molecule has 4 heterocycles. The van der Waals surface area contributed by atoms with Crippen LogP contribution in [0.5, 0.6) is 0 Å². The van der Waals surface area contributed by atoms with Crippen LogP contribution in [0.15, 0.2) is 95.5 Å². The number of aryl methyl sites for hydroxylation is 4. The molecule has 13 nitrogen and oxygen atoms in total. The third-order valence-corrected chi connectivity index (χ3v) is 13.7. The smallest absolute Gasteiger partial charge is 0.246 e. The first kappa shape index (κ1) is 48.8. The Balaban J connectivity index is 0.866. The third kappa shape index (κ3) is 12.1. The fraction of sp³-hybridized carbons (Fsp3) is 0.434. The molecule has 7 rings (SSSR count). The molecule has 6 aromatic rings. The Bertz CT molecular complexity index is 2560. The first-order chi connectivity index (χ1) is 32.2. The zero-order valence-corrected chi connectivity index (χ0v) is 41.1. The molecule has 3 amide bonds. The van der Waals surface area contributed by atoms with Crippen molar-refractivity contribution in [2.24, 2.45) is 5.41 Å². The molecule has 14 heteroatoms. The van der Waals surface area contributed by atoms with Crippen LogP contribution in [0.2, 0.25) is 0 Å². The number of rotatable bonds is 20. The van der Waals surface area contributed by atoms with Crippen LogP contribution < -0.4 is 15.5 Å². The van der Waals surface area contributed by atoms with Crippen molar-refractivity contribution in [3.8, 4) is 27.3 Å². The monoisotopic (exact) mass is 926 g/mol. The number of amides is 3. The molecule has 3 atom stereocenters. The van der Waals surface area contributed by atoms with Gasteiger partial charge in [-0.25, -0.2) is 9.97 Å². The second-order valence-corrected chi connectivity index (χ2v) is 19.7. The number of nitrogens with zero attached hydrogens (tertiary/aromatic N) is 6. The summed E-state index contributed by atoms with van der Waals surface area (Å²) in [4.78, 5) is 54.8. The highest BCUT2D eigenvalue weighted by molar-refractivity contribution is 7.13. The van der Waals surface area contributed by atoms with Crippen LogP contribution in [0.25, 0.3) is 27.3 Å². The second kappa shape index (κ2) is 22.1. The Labute approximate surface area is 399 Å². The van der Waals surface area contributed by atoms with Crippen LogP contribution in [0.1, 0.15) is 107 Å². The van der Waals surface area contributed by atoms with E-state index in [0.717, 1.165) is 100.0 Å². The van der Waals surface area contributed by atoms with E-state index < -0.39 is 17.5 Å². The Kier molecular flexibility index (Phi) is 16.1. The number of hydrogen-bond acceptors (Lipinski definition) is 10. The van der Waals surface area contributed by atoms with Crippen molar-refractivity contribution < 1.29 is 23.6 Å². The van der Waals surface area contributed by atoms with Gasteiger partial charge in [0, 0.05) is 54.7 Å². The van der Waals surface area contributed by atoms with Crippen LogP contribution in [0.4, 0.5) is 11.4 Å². The molecule has 0 saturated carbocycles. The molecule has 1 fully saturated rings. The Morgan fingerprint density at radius 3 is 2.31 bits per heavy atom. The highest BCUT2D eigenvalue weighted by Crippen LogP contribution is 2.36. The van der Waals surface area contributed by atoms with Gasteiger partial charge in [0.15, 0.2) is 0 Å². The summed E-state index contributed by atoms with van der Waals surface area (Å²) in [6.07, 6.45) is 11.7. The molecule has 0 spiro atoms. The Hall–Kier alpha value is -6.12. The van der Waals surface area contributed by atoms with Gasteiger partial charge >= 0.3 is 0 Å². The van der Waals surface area contributed by atoms with Gasteiger partial charge in [0.05, 0.1) is 34.1 Å². The number of likely N-dealkylation sites (tertiary alicyclic amines) is 1. The highest BCUT2D eigenvalue weighted by Gasteiger charge is 2.42. The number of carbonyl (C=O) groups excluding carboxylic acids is 3. The fourth-order valence-electron chi connectivity index (χ4n) is 8.94. The number of imidazole rings is 1. The largest absolute Gasteiger partial charge is 0.372 e. The van der Waals surface area contributed by atoms with E-state index in [2.05, 4.69) is 92.2 Å². The summed E-state index contributed by atoms with van der Waals surface area (Å²) in [5.41, 5.74) is 11.8. The number of thiazole rings is 1. The van der Waals surface area contributed by atoms with Gasteiger partial charge in [0.1, 0.15) is 24.5 Å². The quantitative estimate of drug-likeness (QED) is 0.0714. The van der Waals surface area contributed by atoms with Gasteiger partial charge in [0.2, 0.25) is 17.7 Å². The lowest BCUT2D eigenvalue weighted by atomic mass is 9.85. The van der Waals surface area contributed by atoms with Crippen LogP contribution in [-0.4, -0.2) is 80.7 Å². The summed E-state index contributed by atoms with van der Waals surface area (Å²) in [6.45, 7) is 17.4. The fourth-order valence-corrected chi connectivity index (χ4v) is 9.75. The minimum atomic E-state index is -0.812. The topological polar surface area (TPSA) is 148 Å². The number of hydrogen-bond donors (Lipinski definition) is 2. The summed E-state index contributed by atoms with van der Waals surface area (Å²) in [6, 6.07) is 21.6. The zero-order chi connectivity index (χ0) is 47.7. The van der Waals surface area contributed by atoms with Crippen molar-refractivity contribution in [3.05, 3.63) is 119 Å². The number of anilines is 2. The van der Waals surface area contributed by atoms with E-state index in [-0.39, 0.29) is 30.4 Å². The average Bonchev–Trinajstić information content (AvgIpc) is 4.16. The van der Waals surface area contributed by atoms with Gasteiger partial charge in [0.25, 0.3) is 0 Å². The van der Waals surface area contributed by atoms with Gasteiger partial charge in [-0.05, 0) is 118 Å². The van der Waals surface area contributed by atoms with Crippen LogP contribution in [-0.2, 0) is 19.1 Å². The minimum absolute atomic E-state index is 0.135. The van der Waals surface area contributed by atoms with Crippen LogP contribution in [0.3, 0.4) is 0 Å². The van der Waals surface area contributed by atoms with Crippen molar-refractivity contribution in [1.29, 1.82) is 0 Å². The van der Waals surface area contributed by atoms with Gasteiger partial charge in [-0.15, -0.1) is 11.3 Å². The normalized spacial score (nSPS) is 14.8. The van der Waals surface area contributed by atoms with E-state index >= 15 is 0 Å². The Morgan fingerprint density at radius 2 is 1.64 bits per heavy atom. The van der Waals surface area contributed by atoms with Crippen molar-refractivity contribution >= 4 is 40.4 Å². The van der Waals surface area contributed by atoms with Crippen molar-refractivity contribution in [3.63, 3.8) is 0 Å². The molecule has 1 saturated heterocycles. The average molecular weight is 927 g/mol. The molecule has 3 aromatic heterocycles. The number of ether oxygens (including phenoxy) is 1. The predicted molar refractivity (Wildman–Crippen MR) is 266 cm³/mol. The lowest BCUT2D eigenvalue weighted by Crippen LogP contribution is -2.58. The molecule has 0 aliphatic carbocycles. The molecule has 1 aliphatic rings. The molecule has 354 valence electrons. The first-order valence-corrected chi connectivity index (χ1v) is 24.5. The number of carbonyl (C=O) groups is 3. The minimum Gasteiger partial charge on any atom is -0.372 e. The van der Waals surface area contributed by atoms with Crippen LogP contribution in [0, 0.1) is 33.1 Å². The van der Waals surface area contributed by atoms with Gasteiger partial charge in [-0.1, -0.05) is 81.6 Å². The Morgan fingerprint density at radius 1 is 0.910 bits per heavy atom. The molecule has 3 aromatic carbocycles. The van der Waals surface area contributed by atoms with E-state index in [1.54, 1.807) is 28.8 Å². The van der Waals surface area contributed by atoms with Gasteiger partial charge in [-0.2, -0.15) is 0 Å². The van der Waals surface area contributed by atoms with E-state index in [1.807, 2.05) is 76.9 Å². The highest BCUT2D eigenvalue weighted by atomic mass is 32.1. The summed E-state index contributed by atoms with van der Waals surface area (Å²) in [5, 5.41) is 10.3. The molecule has 67 heavy (non-hydrogen) atoms. The SMILES string of the molecule is Cc1ccc(-c2c(C)noc2C)cc1N(CCCCCCCOCC(=O)N[C@H](C(=O)N1CCC[C@H]1C(=O)N[C@@H](C)c1ccc(-c2scnc2C)cc1)C(C)(C)C)c1ccc(-n2ccnc2)cc1. The molecule has 0 radical (unpaired) electrons. The number of benzene rings is 3. The van der Waals surface area contributed by atoms with E-state index in [9.17, 15) is 14.4 Å². The molecular weight excluding hydrogens is 861 g/mol. The lowest BCUT2D eigenvalue weighted by Gasteiger charge is -2.35. The summed E-state index contributed by atoms with van der Waals surface area (Å²) in [5.74, 6) is 0.0273. The second-order valence-electron chi connectivity index (χ2n) is 18.8. The van der Waals surface area contributed by atoms with Crippen LogP contribution >= 0.6 is 11.3 Å². The first-order valence-electron chi connectivity index (χ1n) is 23.6. The maximum atomic E-state index is 14.1. The number of aromatic nitrogens is 4. The third-order valence-electron chi connectivity index (χ3n) is 12.7. The van der Waals surface area contributed by atoms with E-state index in [1.165, 1.54) is 5.56 Å². The summed E-state index contributed by atoms with van der Waals surface area (Å²) < 4.78 is 13.4. The van der Waals surface area contributed by atoms with Crippen molar-refractivity contribution in [2.75, 3.05) is 31.2 Å². The molecular formula is C53H66N8O5S. The zero-order valence-electron chi connectivity index (χ0n) is 40.3. The lowest BCUT2D eigenvalue weighted by molar-refractivity contribution is -0.144. The maximum Gasteiger partial charge on any atom is 0.246 e. The molecule has 0 bridgehead atoms. The van der Waals surface area contributed by atoms with Gasteiger partial charge in [-0.3, -0.25) is 14.4 Å². The van der Waals surface area contributed by atoms with Crippen molar-refractivity contribution in [2.45, 2.75) is 118 Å². The van der Waals surface area contributed by atoms with E-state index in [4.69, 9.17) is 9.26 Å². The number of unbranched alkanes of at least 4 members (excludes halogenated alkanes) is 4. The summed E-state index contributed by atoms with van der Waals surface area (Å²) >= 11 is 1.61. The number of nitrogens with one attached hydrogen (secondary N) is 2. The predicted octanol–water partition coefficient (Wildman–Crippen LogP) is 10.4. The standard InChI is InChI=1S/C53H66N8O5S/c1-35-16-17-42(48-37(3)58-66-39(48)5)31-46(35)60(44-24-22-43(23-25-44)59-29-26-54-33-59)27-12-10-9-11-13-30-65-32-47(62)57-50(53(6,7)8)52(64)61-28-14-15-45(61)51(63)56-36(2)40-18-20-41(21-19-40)49-38(4)55-34-67-49/h16-26,29,31,33-34,36,45,50H,9-15,27-28,30,32H2,1-8H3,(H,56,63)(H,57,62)/t36-,45-,50+/m0/s1. The van der Waals surface area contributed by atoms with Gasteiger partial charge < -0.3 is 34.3 Å². The van der Waals surface area contributed by atoms with E-state index in [0.29, 0.717) is 26.0 Å². The van der Waals surface area contributed by atoms with Crippen molar-refractivity contribution in [1.82, 2.24) is 35.2 Å². The molecule has 0 unspecified atom stereocenters. The molecule has 1 aliphatic heterocycles. The molecule has 2 N–H and O–H groups in total. The summed E-state index contributed by atoms with van der Waals surface area (Å²) in [7, 11) is 0.